The van der Waals surface area contributed by atoms with Gasteiger partial charge < -0.3 is 10.1 Å². The van der Waals surface area contributed by atoms with Crippen LogP contribution in [0.5, 0.6) is 0 Å². The molecule has 1 heterocycles. The third-order valence-electron chi connectivity index (χ3n) is 3.72. The molecular formula is C13H25NO. The van der Waals surface area contributed by atoms with Gasteiger partial charge in [0.15, 0.2) is 0 Å². The first-order valence-electron chi connectivity index (χ1n) is 6.75. The standard InChI is InChI=1S/C13H25NO/c1-2-14-13(11-8-9-11)7-3-5-12-6-4-10-15-12/h11-14H,2-10H2,1H3. The van der Waals surface area contributed by atoms with E-state index in [4.69, 9.17) is 4.74 Å². The van der Waals surface area contributed by atoms with Crippen molar-refractivity contribution in [2.75, 3.05) is 13.2 Å². The maximum Gasteiger partial charge on any atom is 0.0576 e. The van der Waals surface area contributed by atoms with E-state index in [1.165, 1.54) is 44.9 Å². The van der Waals surface area contributed by atoms with E-state index < -0.39 is 0 Å². The van der Waals surface area contributed by atoms with Crippen molar-refractivity contribution in [3.05, 3.63) is 0 Å². The van der Waals surface area contributed by atoms with Crippen LogP contribution in [0, 0.1) is 5.92 Å². The molecule has 0 amide bonds. The van der Waals surface area contributed by atoms with Crippen LogP contribution in [0.25, 0.3) is 0 Å². The molecule has 2 atom stereocenters. The van der Waals surface area contributed by atoms with Crippen LogP contribution in [-0.2, 0) is 4.74 Å². The fourth-order valence-corrected chi connectivity index (χ4v) is 2.70. The molecule has 0 spiro atoms. The van der Waals surface area contributed by atoms with Crippen molar-refractivity contribution < 1.29 is 4.74 Å². The van der Waals surface area contributed by atoms with Gasteiger partial charge in [-0.1, -0.05) is 6.92 Å². The first kappa shape index (κ1) is 11.4. The average Bonchev–Trinajstić information content (AvgIpc) is 2.96. The highest BCUT2D eigenvalue weighted by atomic mass is 16.5. The zero-order valence-corrected chi connectivity index (χ0v) is 10.0. The smallest absolute Gasteiger partial charge is 0.0576 e. The first-order valence-corrected chi connectivity index (χ1v) is 6.75. The predicted molar refractivity (Wildman–Crippen MR) is 63.0 cm³/mol. The van der Waals surface area contributed by atoms with Gasteiger partial charge in [-0.05, 0) is 57.4 Å². The highest BCUT2D eigenvalue weighted by Crippen LogP contribution is 2.35. The predicted octanol–water partition coefficient (Wildman–Crippen LogP) is 2.72. The Hall–Kier alpha value is -0.0800. The summed E-state index contributed by atoms with van der Waals surface area (Å²) < 4.78 is 5.65. The topological polar surface area (TPSA) is 21.3 Å². The van der Waals surface area contributed by atoms with Gasteiger partial charge in [0.05, 0.1) is 6.10 Å². The fourth-order valence-electron chi connectivity index (χ4n) is 2.70. The molecule has 2 aliphatic rings. The number of hydrogen-bond donors (Lipinski definition) is 1. The highest BCUT2D eigenvalue weighted by Gasteiger charge is 2.30. The van der Waals surface area contributed by atoms with Crippen molar-refractivity contribution in [1.82, 2.24) is 5.32 Å². The van der Waals surface area contributed by atoms with Crippen molar-refractivity contribution in [3.63, 3.8) is 0 Å². The summed E-state index contributed by atoms with van der Waals surface area (Å²) in [5.41, 5.74) is 0. The molecule has 2 heteroatoms. The van der Waals surface area contributed by atoms with Crippen molar-refractivity contribution in [2.45, 2.75) is 64.0 Å². The van der Waals surface area contributed by atoms with E-state index in [2.05, 4.69) is 12.2 Å². The van der Waals surface area contributed by atoms with Crippen LogP contribution in [0.3, 0.4) is 0 Å². The van der Waals surface area contributed by atoms with Gasteiger partial charge in [0, 0.05) is 12.6 Å². The van der Waals surface area contributed by atoms with Crippen LogP contribution in [-0.4, -0.2) is 25.3 Å². The Kier molecular flexibility index (Phi) is 4.45. The van der Waals surface area contributed by atoms with Crippen LogP contribution in [0.4, 0.5) is 0 Å². The van der Waals surface area contributed by atoms with Gasteiger partial charge in [0.25, 0.3) is 0 Å². The maximum atomic E-state index is 5.65. The molecule has 2 fully saturated rings. The quantitative estimate of drug-likeness (QED) is 0.699. The Balaban J connectivity index is 1.57. The molecule has 0 aromatic rings. The van der Waals surface area contributed by atoms with Gasteiger partial charge in [-0.3, -0.25) is 0 Å². The molecule has 1 N–H and O–H groups in total. The fraction of sp³-hybridized carbons (Fsp3) is 1.00. The van der Waals surface area contributed by atoms with E-state index in [0.29, 0.717) is 6.10 Å². The molecule has 0 bridgehead atoms. The summed E-state index contributed by atoms with van der Waals surface area (Å²) in [5, 5.41) is 3.63. The van der Waals surface area contributed by atoms with Crippen LogP contribution in [0.15, 0.2) is 0 Å². The summed E-state index contributed by atoms with van der Waals surface area (Å²) in [6.07, 6.45) is 10.1. The lowest BCUT2D eigenvalue weighted by Crippen LogP contribution is -2.30. The van der Waals surface area contributed by atoms with Gasteiger partial charge in [-0.25, -0.2) is 0 Å². The largest absolute Gasteiger partial charge is 0.378 e. The third-order valence-corrected chi connectivity index (χ3v) is 3.72. The molecule has 1 saturated carbocycles. The minimum absolute atomic E-state index is 0.589. The number of ether oxygens (including phenoxy) is 1. The molecule has 0 radical (unpaired) electrons. The number of hydrogen-bond acceptors (Lipinski definition) is 2. The van der Waals surface area contributed by atoms with Crippen molar-refractivity contribution in [1.29, 1.82) is 0 Å². The molecule has 0 aromatic carbocycles. The molecule has 1 aliphatic carbocycles. The molecule has 2 unspecified atom stereocenters. The lowest BCUT2D eigenvalue weighted by Gasteiger charge is -2.18. The second-order valence-electron chi connectivity index (χ2n) is 5.07. The summed E-state index contributed by atoms with van der Waals surface area (Å²) in [4.78, 5) is 0. The third kappa shape index (κ3) is 3.76. The Bertz CT molecular complexity index is 173. The molecule has 2 nitrogen and oxygen atoms in total. The van der Waals surface area contributed by atoms with Crippen molar-refractivity contribution in [2.24, 2.45) is 5.92 Å². The van der Waals surface area contributed by atoms with Gasteiger partial charge >= 0.3 is 0 Å². The Labute approximate surface area is 93.8 Å². The summed E-state index contributed by atoms with van der Waals surface area (Å²) in [7, 11) is 0. The summed E-state index contributed by atoms with van der Waals surface area (Å²) in [5.74, 6) is 0.995. The first-order chi connectivity index (χ1) is 7.40. The molecular weight excluding hydrogens is 186 g/mol. The maximum absolute atomic E-state index is 5.65. The minimum Gasteiger partial charge on any atom is -0.378 e. The van der Waals surface area contributed by atoms with Gasteiger partial charge in [-0.15, -0.1) is 0 Å². The average molecular weight is 211 g/mol. The van der Waals surface area contributed by atoms with Gasteiger partial charge in [-0.2, -0.15) is 0 Å². The zero-order valence-electron chi connectivity index (χ0n) is 10.0. The molecule has 1 aliphatic heterocycles. The van der Waals surface area contributed by atoms with Crippen molar-refractivity contribution in [3.8, 4) is 0 Å². The molecule has 1 saturated heterocycles. The van der Waals surface area contributed by atoms with E-state index in [9.17, 15) is 0 Å². The van der Waals surface area contributed by atoms with E-state index in [1.54, 1.807) is 0 Å². The second-order valence-corrected chi connectivity index (χ2v) is 5.07. The monoisotopic (exact) mass is 211 g/mol. The van der Waals surface area contributed by atoms with Gasteiger partial charge in [0.1, 0.15) is 0 Å². The van der Waals surface area contributed by atoms with E-state index in [-0.39, 0.29) is 0 Å². The van der Waals surface area contributed by atoms with E-state index >= 15 is 0 Å². The summed E-state index contributed by atoms with van der Waals surface area (Å²) in [6, 6.07) is 0.802. The number of nitrogens with one attached hydrogen (secondary N) is 1. The van der Waals surface area contributed by atoms with Crippen LogP contribution in [0.2, 0.25) is 0 Å². The zero-order chi connectivity index (χ0) is 10.5. The van der Waals surface area contributed by atoms with E-state index in [1.807, 2.05) is 0 Å². The Morgan fingerprint density at radius 2 is 2.20 bits per heavy atom. The Morgan fingerprint density at radius 1 is 1.33 bits per heavy atom. The molecule has 15 heavy (non-hydrogen) atoms. The van der Waals surface area contributed by atoms with Crippen molar-refractivity contribution >= 4 is 0 Å². The lowest BCUT2D eigenvalue weighted by atomic mass is 10.0. The van der Waals surface area contributed by atoms with E-state index in [0.717, 1.165) is 25.1 Å². The SMILES string of the molecule is CCNC(CCCC1CCCO1)C1CC1. The Morgan fingerprint density at radius 3 is 2.80 bits per heavy atom. The summed E-state index contributed by atoms with van der Waals surface area (Å²) in [6.45, 7) is 4.35. The van der Waals surface area contributed by atoms with Crippen LogP contribution >= 0.6 is 0 Å². The lowest BCUT2D eigenvalue weighted by molar-refractivity contribution is 0.101. The summed E-state index contributed by atoms with van der Waals surface area (Å²) >= 11 is 0. The van der Waals surface area contributed by atoms with Crippen LogP contribution < -0.4 is 5.32 Å². The molecule has 88 valence electrons. The normalized spacial score (nSPS) is 28.2. The minimum atomic E-state index is 0.589. The molecule has 2 rings (SSSR count). The molecule has 0 aromatic heterocycles. The highest BCUT2D eigenvalue weighted by molar-refractivity contribution is 4.86. The second kappa shape index (κ2) is 5.86. The number of rotatable bonds is 7. The van der Waals surface area contributed by atoms with Gasteiger partial charge in [0.2, 0.25) is 0 Å². The van der Waals surface area contributed by atoms with Crippen LogP contribution in [0.1, 0.15) is 51.9 Å².